The number of fused-ring (bicyclic) bond motifs is 1. The van der Waals surface area contributed by atoms with E-state index in [-0.39, 0.29) is 19.0 Å². The molecule has 4 atom stereocenters. The largest absolute Gasteiger partial charge is 0.480 e. The molecule has 0 radical (unpaired) electrons. The predicted octanol–water partition coefficient (Wildman–Crippen LogP) is 1.14. The zero-order chi connectivity index (χ0) is 15.0. The van der Waals surface area contributed by atoms with Crippen LogP contribution in [-0.2, 0) is 4.79 Å². The van der Waals surface area contributed by atoms with Crippen LogP contribution >= 0.6 is 0 Å². The molecule has 118 valence electrons. The van der Waals surface area contributed by atoms with Gasteiger partial charge in [-0.05, 0) is 24.7 Å². The van der Waals surface area contributed by atoms with Gasteiger partial charge in [-0.3, -0.25) is 0 Å². The molecule has 0 spiro atoms. The third-order valence-corrected chi connectivity index (χ3v) is 5.37. The molecule has 1 aliphatic carbocycles. The van der Waals surface area contributed by atoms with Crippen LogP contribution in [0, 0.1) is 11.8 Å². The van der Waals surface area contributed by atoms with Crippen LogP contribution in [0.4, 0.5) is 4.79 Å². The summed E-state index contributed by atoms with van der Waals surface area (Å²) in [6.07, 6.45) is 5.44. The van der Waals surface area contributed by atoms with Crippen molar-refractivity contribution in [3.05, 3.63) is 0 Å². The van der Waals surface area contributed by atoms with Crippen molar-refractivity contribution in [2.75, 3.05) is 19.6 Å². The number of carbonyl (C=O) groups is 2. The second-order valence-electron chi connectivity index (χ2n) is 6.72. The Morgan fingerprint density at radius 1 is 1.00 bits per heavy atom. The molecule has 2 heterocycles. The zero-order valence-electron chi connectivity index (χ0n) is 12.3. The van der Waals surface area contributed by atoms with Crippen LogP contribution in [0.5, 0.6) is 0 Å². The summed E-state index contributed by atoms with van der Waals surface area (Å²) in [6, 6.07) is -1.08. The van der Waals surface area contributed by atoms with Crippen molar-refractivity contribution < 1.29 is 19.8 Å². The molecule has 6 nitrogen and oxygen atoms in total. The fraction of sp³-hybridized carbons (Fsp3) is 0.867. The molecule has 1 saturated carbocycles. The van der Waals surface area contributed by atoms with E-state index in [0.29, 0.717) is 5.92 Å². The first-order chi connectivity index (χ1) is 10.1. The number of β-amino-alcohol motifs (C(OH)–C–C–N with tert-alkyl or cyclic N) is 1. The fourth-order valence-corrected chi connectivity index (χ4v) is 4.22. The van der Waals surface area contributed by atoms with Gasteiger partial charge >= 0.3 is 12.0 Å². The van der Waals surface area contributed by atoms with Gasteiger partial charge in [0.05, 0.1) is 6.10 Å². The molecule has 0 bridgehead atoms. The maximum atomic E-state index is 12.6. The molecule has 0 aromatic rings. The standard InChI is InChI=1S/C15H24N2O4/c18-12-7-13(14(19)20)17(9-12)15(21)16-6-5-10-3-1-2-4-11(10)8-16/h10-13,18H,1-9H2,(H,19,20)/t10?,11?,12-,13-/m1/s1. The first kappa shape index (κ1) is 14.6. The zero-order valence-corrected chi connectivity index (χ0v) is 12.3. The number of rotatable bonds is 1. The van der Waals surface area contributed by atoms with E-state index in [1.54, 1.807) is 4.90 Å². The lowest BCUT2D eigenvalue weighted by Gasteiger charge is -2.42. The first-order valence-electron chi connectivity index (χ1n) is 8.02. The average molecular weight is 296 g/mol. The molecule has 2 aliphatic heterocycles. The van der Waals surface area contributed by atoms with Crippen molar-refractivity contribution in [1.29, 1.82) is 0 Å². The number of urea groups is 1. The van der Waals surface area contributed by atoms with E-state index < -0.39 is 18.1 Å². The number of aliphatic hydroxyl groups is 1. The highest BCUT2D eigenvalue weighted by molar-refractivity contribution is 5.83. The quantitative estimate of drug-likeness (QED) is 0.760. The summed E-state index contributed by atoms with van der Waals surface area (Å²) >= 11 is 0. The van der Waals surface area contributed by atoms with Crippen LogP contribution in [0.3, 0.4) is 0 Å². The van der Waals surface area contributed by atoms with E-state index in [1.165, 1.54) is 30.6 Å². The van der Waals surface area contributed by atoms with E-state index in [9.17, 15) is 19.8 Å². The summed E-state index contributed by atoms with van der Waals surface area (Å²) in [5, 5.41) is 18.9. The summed E-state index contributed by atoms with van der Waals surface area (Å²) in [5.41, 5.74) is 0. The van der Waals surface area contributed by atoms with Gasteiger partial charge in [0.25, 0.3) is 0 Å². The van der Waals surface area contributed by atoms with Crippen LogP contribution < -0.4 is 0 Å². The Balaban J connectivity index is 1.66. The van der Waals surface area contributed by atoms with Gasteiger partial charge in [-0.15, -0.1) is 0 Å². The number of carboxylic acid groups (broad SMARTS) is 1. The average Bonchev–Trinajstić information content (AvgIpc) is 2.88. The van der Waals surface area contributed by atoms with Gasteiger partial charge in [0, 0.05) is 26.1 Å². The van der Waals surface area contributed by atoms with Crippen molar-refractivity contribution in [1.82, 2.24) is 9.80 Å². The number of carboxylic acids is 1. The number of carbonyl (C=O) groups excluding carboxylic acids is 1. The van der Waals surface area contributed by atoms with Crippen molar-refractivity contribution in [3.63, 3.8) is 0 Å². The van der Waals surface area contributed by atoms with Crippen molar-refractivity contribution in [2.24, 2.45) is 11.8 Å². The monoisotopic (exact) mass is 296 g/mol. The van der Waals surface area contributed by atoms with E-state index >= 15 is 0 Å². The summed E-state index contributed by atoms with van der Waals surface area (Å²) in [7, 11) is 0. The lowest BCUT2D eigenvalue weighted by atomic mass is 9.75. The Labute approximate surface area is 124 Å². The van der Waals surface area contributed by atoms with Gasteiger partial charge in [-0.1, -0.05) is 19.3 Å². The van der Waals surface area contributed by atoms with Gasteiger partial charge in [0.2, 0.25) is 0 Å². The molecule has 3 fully saturated rings. The maximum Gasteiger partial charge on any atom is 0.326 e. The van der Waals surface area contributed by atoms with Gasteiger partial charge < -0.3 is 20.0 Å². The Morgan fingerprint density at radius 3 is 2.43 bits per heavy atom. The van der Waals surface area contributed by atoms with Gasteiger partial charge in [-0.2, -0.15) is 0 Å². The highest BCUT2D eigenvalue weighted by Crippen LogP contribution is 2.36. The van der Waals surface area contributed by atoms with Crippen LogP contribution in [-0.4, -0.2) is 63.8 Å². The van der Waals surface area contributed by atoms with Crippen LogP contribution in [0.15, 0.2) is 0 Å². The molecule has 2 N–H and O–H groups in total. The van der Waals surface area contributed by atoms with E-state index in [1.807, 2.05) is 0 Å². The molecule has 3 aliphatic rings. The third kappa shape index (κ3) is 2.86. The highest BCUT2D eigenvalue weighted by atomic mass is 16.4. The number of hydrogen-bond acceptors (Lipinski definition) is 3. The van der Waals surface area contributed by atoms with E-state index in [2.05, 4.69) is 0 Å². The number of hydrogen-bond donors (Lipinski definition) is 2. The fourth-order valence-electron chi connectivity index (χ4n) is 4.22. The molecular weight excluding hydrogens is 272 g/mol. The highest BCUT2D eigenvalue weighted by Gasteiger charge is 2.42. The minimum absolute atomic E-state index is 0.139. The number of aliphatic hydroxyl groups excluding tert-OH is 1. The van der Waals surface area contributed by atoms with Gasteiger partial charge in [0.15, 0.2) is 0 Å². The maximum absolute atomic E-state index is 12.6. The second-order valence-corrected chi connectivity index (χ2v) is 6.72. The van der Waals surface area contributed by atoms with E-state index in [4.69, 9.17) is 0 Å². The Bertz CT molecular complexity index is 428. The SMILES string of the molecule is O=C(O)[C@H]1C[C@@H](O)CN1C(=O)N1CCC2CCCCC2C1. The minimum atomic E-state index is -1.02. The number of aliphatic carboxylic acids is 1. The number of likely N-dealkylation sites (tertiary alicyclic amines) is 2. The second kappa shape index (κ2) is 5.83. The summed E-state index contributed by atoms with van der Waals surface area (Å²) in [5.74, 6) is 0.293. The molecule has 2 amide bonds. The van der Waals surface area contributed by atoms with Crippen molar-refractivity contribution in [3.8, 4) is 0 Å². The van der Waals surface area contributed by atoms with Crippen LogP contribution in [0.2, 0.25) is 0 Å². The Morgan fingerprint density at radius 2 is 1.71 bits per heavy atom. The van der Waals surface area contributed by atoms with Crippen molar-refractivity contribution >= 4 is 12.0 Å². The topological polar surface area (TPSA) is 81.1 Å². The van der Waals surface area contributed by atoms with Gasteiger partial charge in [-0.25, -0.2) is 9.59 Å². The summed E-state index contributed by atoms with van der Waals surface area (Å²) < 4.78 is 0. The smallest absolute Gasteiger partial charge is 0.326 e. The normalized spacial score (nSPS) is 36.4. The number of piperidine rings is 1. The molecule has 2 unspecified atom stereocenters. The minimum Gasteiger partial charge on any atom is -0.480 e. The predicted molar refractivity (Wildman–Crippen MR) is 75.8 cm³/mol. The van der Waals surface area contributed by atoms with Crippen LogP contribution in [0.1, 0.15) is 38.5 Å². The number of amides is 2. The Kier molecular flexibility index (Phi) is 4.06. The van der Waals surface area contributed by atoms with Crippen LogP contribution in [0.25, 0.3) is 0 Å². The summed E-state index contributed by atoms with van der Waals surface area (Å²) in [6.45, 7) is 1.61. The third-order valence-electron chi connectivity index (χ3n) is 5.37. The molecule has 3 rings (SSSR count). The molecule has 21 heavy (non-hydrogen) atoms. The molecular formula is C15H24N2O4. The lowest BCUT2D eigenvalue weighted by molar-refractivity contribution is -0.141. The van der Waals surface area contributed by atoms with Crippen molar-refractivity contribution in [2.45, 2.75) is 50.7 Å². The van der Waals surface area contributed by atoms with E-state index in [0.717, 1.165) is 25.4 Å². The van der Waals surface area contributed by atoms with Gasteiger partial charge in [0.1, 0.15) is 6.04 Å². The molecule has 6 heteroatoms. The molecule has 0 aromatic carbocycles. The number of nitrogens with zero attached hydrogens (tertiary/aromatic N) is 2. The Hall–Kier alpha value is -1.30. The summed E-state index contributed by atoms with van der Waals surface area (Å²) in [4.78, 5) is 27.0. The first-order valence-corrected chi connectivity index (χ1v) is 8.02. The molecule has 2 saturated heterocycles. The molecule has 0 aromatic heterocycles. The lowest BCUT2D eigenvalue weighted by Crippen LogP contribution is -2.52.